The summed E-state index contributed by atoms with van der Waals surface area (Å²) in [6.07, 6.45) is 6.69. The highest BCUT2D eigenvalue weighted by molar-refractivity contribution is 5.94. The topological polar surface area (TPSA) is 54.9 Å². The fourth-order valence-corrected chi connectivity index (χ4v) is 3.71. The molecule has 2 aromatic rings. The summed E-state index contributed by atoms with van der Waals surface area (Å²) in [6.45, 7) is 5.18. The first-order valence-electron chi connectivity index (χ1n) is 10.4. The summed E-state index contributed by atoms with van der Waals surface area (Å²) in [5.41, 5.74) is 1.61. The molecule has 1 saturated heterocycles. The first-order chi connectivity index (χ1) is 14.2. The molecule has 1 aromatic heterocycles. The maximum absolute atomic E-state index is 13.0. The van der Waals surface area contributed by atoms with E-state index in [9.17, 15) is 4.79 Å². The van der Waals surface area contributed by atoms with Gasteiger partial charge in [0.25, 0.3) is 5.91 Å². The monoisotopic (exact) mass is 397 g/mol. The van der Waals surface area contributed by atoms with E-state index >= 15 is 0 Å². The lowest BCUT2D eigenvalue weighted by atomic mass is 10.1. The van der Waals surface area contributed by atoms with Gasteiger partial charge in [-0.1, -0.05) is 18.9 Å². The average molecular weight is 398 g/mol. The number of carbonyl (C=O) groups is 1. The van der Waals surface area contributed by atoms with E-state index in [1.54, 1.807) is 20.4 Å². The summed E-state index contributed by atoms with van der Waals surface area (Å²) in [4.78, 5) is 21.7. The molecular weight excluding hydrogens is 366 g/mol. The number of methoxy groups -OCH3 is 2. The van der Waals surface area contributed by atoms with Gasteiger partial charge in [-0.25, -0.2) is 4.98 Å². The maximum Gasteiger partial charge on any atom is 0.255 e. The van der Waals surface area contributed by atoms with Gasteiger partial charge in [0.1, 0.15) is 5.82 Å². The van der Waals surface area contributed by atoms with Crippen LogP contribution in [-0.4, -0.2) is 49.6 Å². The number of hydrogen-bond donors (Lipinski definition) is 0. The number of amides is 1. The molecule has 0 atom stereocenters. The van der Waals surface area contributed by atoms with Gasteiger partial charge in [-0.05, 0) is 49.6 Å². The van der Waals surface area contributed by atoms with Crippen LogP contribution in [0.1, 0.15) is 48.5 Å². The van der Waals surface area contributed by atoms with Crippen molar-refractivity contribution in [2.75, 3.05) is 38.8 Å². The molecule has 0 bridgehead atoms. The van der Waals surface area contributed by atoms with Crippen molar-refractivity contribution in [3.05, 3.63) is 47.7 Å². The molecule has 3 rings (SSSR count). The number of hydrogen-bond acceptors (Lipinski definition) is 5. The fraction of sp³-hybridized carbons (Fsp3) is 0.478. The quantitative estimate of drug-likeness (QED) is 0.703. The molecule has 0 spiro atoms. The highest BCUT2D eigenvalue weighted by Crippen LogP contribution is 2.28. The van der Waals surface area contributed by atoms with E-state index in [-0.39, 0.29) is 5.91 Å². The third-order valence-electron chi connectivity index (χ3n) is 5.42. The maximum atomic E-state index is 13.0. The molecule has 2 heterocycles. The Kier molecular flexibility index (Phi) is 7.33. The van der Waals surface area contributed by atoms with Crippen molar-refractivity contribution in [1.29, 1.82) is 0 Å². The molecule has 0 radical (unpaired) electrons. The van der Waals surface area contributed by atoms with Crippen LogP contribution in [0.25, 0.3) is 0 Å². The van der Waals surface area contributed by atoms with Gasteiger partial charge >= 0.3 is 0 Å². The predicted molar refractivity (Wildman–Crippen MR) is 115 cm³/mol. The Hall–Kier alpha value is -2.76. The molecular formula is C23H31N3O3. The number of aromatic nitrogens is 1. The fourth-order valence-electron chi connectivity index (χ4n) is 3.71. The Morgan fingerprint density at radius 3 is 2.34 bits per heavy atom. The van der Waals surface area contributed by atoms with Crippen molar-refractivity contribution in [2.24, 2.45) is 0 Å². The lowest BCUT2D eigenvalue weighted by Crippen LogP contribution is -2.30. The molecule has 29 heavy (non-hydrogen) atoms. The average Bonchev–Trinajstić information content (AvgIpc) is 3.06. The van der Waals surface area contributed by atoms with Crippen LogP contribution >= 0.6 is 0 Å². The Bertz CT molecular complexity index is 800. The minimum Gasteiger partial charge on any atom is -0.493 e. The zero-order valence-corrected chi connectivity index (χ0v) is 17.7. The molecule has 1 aliphatic rings. The predicted octanol–water partition coefficient (Wildman–Crippen LogP) is 4.14. The molecule has 1 aliphatic heterocycles. The summed E-state index contributed by atoms with van der Waals surface area (Å²) < 4.78 is 10.7. The minimum atomic E-state index is -0.0165. The summed E-state index contributed by atoms with van der Waals surface area (Å²) in [7, 11) is 3.23. The van der Waals surface area contributed by atoms with Crippen molar-refractivity contribution in [3.8, 4) is 11.5 Å². The van der Waals surface area contributed by atoms with E-state index in [1.165, 1.54) is 25.7 Å². The highest BCUT2D eigenvalue weighted by Gasteiger charge is 2.17. The second kappa shape index (κ2) is 10.1. The van der Waals surface area contributed by atoms with Crippen LogP contribution in [0.5, 0.6) is 11.5 Å². The van der Waals surface area contributed by atoms with E-state index in [0.29, 0.717) is 30.2 Å². The summed E-state index contributed by atoms with van der Waals surface area (Å²) in [6, 6.07) is 9.60. The standard InChI is InChI=1S/C23H31N3O3/c1-4-25(17-18-9-11-20(28-2)21(15-18)29-3)23(27)19-10-12-22(24-16-19)26-13-7-5-6-8-14-26/h9-12,15-16H,4-8,13-14,17H2,1-3H3. The largest absolute Gasteiger partial charge is 0.493 e. The van der Waals surface area contributed by atoms with Crippen molar-refractivity contribution < 1.29 is 14.3 Å². The van der Waals surface area contributed by atoms with Crippen LogP contribution < -0.4 is 14.4 Å². The van der Waals surface area contributed by atoms with E-state index in [0.717, 1.165) is 24.5 Å². The van der Waals surface area contributed by atoms with Gasteiger partial charge in [-0.2, -0.15) is 0 Å². The number of ether oxygens (including phenoxy) is 2. The minimum absolute atomic E-state index is 0.0165. The van der Waals surface area contributed by atoms with Gasteiger partial charge in [0.2, 0.25) is 0 Å². The smallest absolute Gasteiger partial charge is 0.255 e. The van der Waals surface area contributed by atoms with Gasteiger partial charge in [-0.15, -0.1) is 0 Å². The number of rotatable bonds is 7. The zero-order valence-electron chi connectivity index (χ0n) is 17.7. The van der Waals surface area contributed by atoms with E-state index in [2.05, 4.69) is 9.88 Å². The van der Waals surface area contributed by atoms with Gasteiger partial charge < -0.3 is 19.3 Å². The zero-order chi connectivity index (χ0) is 20.6. The number of benzene rings is 1. The third kappa shape index (κ3) is 5.19. The van der Waals surface area contributed by atoms with Crippen LogP contribution in [0.15, 0.2) is 36.5 Å². The van der Waals surface area contributed by atoms with E-state index in [1.807, 2.05) is 42.2 Å². The summed E-state index contributed by atoms with van der Waals surface area (Å²) >= 11 is 0. The second-order valence-corrected chi connectivity index (χ2v) is 7.31. The van der Waals surface area contributed by atoms with Crippen LogP contribution in [0, 0.1) is 0 Å². The number of pyridine rings is 1. The molecule has 6 nitrogen and oxygen atoms in total. The first kappa shape index (κ1) is 21.0. The van der Waals surface area contributed by atoms with Crippen molar-refractivity contribution >= 4 is 11.7 Å². The van der Waals surface area contributed by atoms with E-state index in [4.69, 9.17) is 9.47 Å². The SMILES string of the molecule is CCN(Cc1ccc(OC)c(OC)c1)C(=O)c1ccc(N2CCCCCC2)nc1. The van der Waals surface area contributed by atoms with Crippen LogP contribution in [-0.2, 0) is 6.54 Å². The normalized spacial score (nSPS) is 14.2. The molecule has 1 aromatic carbocycles. The van der Waals surface area contributed by atoms with Crippen molar-refractivity contribution in [3.63, 3.8) is 0 Å². The molecule has 0 aliphatic carbocycles. The van der Waals surface area contributed by atoms with Gasteiger partial charge in [0.15, 0.2) is 11.5 Å². The Labute approximate surface area is 173 Å². The van der Waals surface area contributed by atoms with Gasteiger partial charge in [0.05, 0.1) is 19.8 Å². The second-order valence-electron chi connectivity index (χ2n) is 7.31. The van der Waals surface area contributed by atoms with Crippen LogP contribution in [0.3, 0.4) is 0 Å². The number of carbonyl (C=O) groups excluding carboxylic acids is 1. The molecule has 0 unspecified atom stereocenters. The number of anilines is 1. The molecule has 0 saturated carbocycles. The highest BCUT2D eigenvalue weighted by atomic mass is 16.5. The molecule has 156 valence electrons. The van der Waals surface area contributed by atoms with Crippen molar-refractivity contribution in [2.45, 2.75) is 39.2 Å². The lowest BCUT2D eigenvalue weighted by molar-refractivity contribution is 0.0752. The lowest BCUT2D eigenvalue weighted by Gasteiger charge is -2.23. The summed E-state index contributed by atoms with van der Waals surface area (Å²) in [5.74, 6) is 2.29. The molecule has 1 fully saturated rings. The third-order valence-corrected chi connectivity index (χ3v) is 5.42. The molecule has 0 N–H and O–H groups in total. The Morgan fingerprint density at radius 2 is 1.76 bits per heavy atom. The molecule has 6 heteroatoms. The van der Waals surface area contributed by atoms with Gasteiger partial charge in [0, 0.05) is 32.4 Å². The van der Waals surface area contributed by atoms with Crippen LogP contribution in [0.2, 0.25) is 0 Å². The van der Waals surface area contributed by atoms with Gasteiger partial charge in [-0.3, -0.25) is 4.79 Å². The van der Waals surface area contributed by atoms with Crippen molar-refractivity contribution in [1.82, 2.24) is 9.88 Å². The number of nitrogens with zero attached hydrogens (tertiary/aromatic N) is 3. The molecule has 1 amide bonds. The Balaban J connectivity index is 1.70. The summed E-state index contributed by atoms with van der Waals surface area (Å²) in [5, 5.41) is 0. The first-order valence-corrected chi connectivity index (χ1v) is 10.4. The Morgan fingerprint density at radius 1 is 1.03 bits per heavy atom. The van der Waals surface area contributed by atoms with E-state index < -0.39 is 0 Å². The van der Waals surface area contributed by atoms with Crippen LogP contribution in [0.4, 0.5) is 5.82 Å².